The van der Waals surface area contributed by atoms with Crippen molar-refractivity contribution in [2.75, 3.05) is 0 Å². The molecule has 0 saturated carbocycles. The molecule has 0 fully saturated rings. The highest BCUT2D eigenvalue weighted by Gasteiger charge is 2.31. The van der Waals surface area contributed by atoms with Crippen LogP contribution in [-0.2, 0) is 6.18 Å². The van der Waals surface area contributed by atoms with Gasteiger partial charge in [-0.1, -0.05) is 18.2 Å². The minimum atomic E-state index is -4.42. The molecule has 0 saturated heterocycles. The molecule has 5 heteroatoms. The van der Waals surface area contributed by atoms with Gasteiger partial charge >= 0.3 is 6.18 Å². The lowest BCUT2D eigenvalue weighted by atomic mass is 9.95. The minimum Gasteiger partial charge on any atom is -0.384 e. The molecule has 1 N–H and O–H groups in total. The van der Waals surface area contributed by atoms with Gasteiger partial charge in [-0.3, -0.25) is 0 Å². The number of halogens is 4. The lowest BCUT2D eigenvalue weighted by Gasteiger charge is -2.17. The van der Waals surface area contributed by atoms with E-state index in [0.717, 1.165) is 12.1 Å². The summed E-state index contributed by atoms with van der Waals surface area (Å²) in [6, 6.07) is 7.31. The van der Waals surface area contributed by atoms with Gasteiger partial charge in [0, 0.05) is 0 Å². The van der Waals surface area contributed by atoms with Crippen LogP contribution < -0.4 is 0 Å². The largest absolute Gasteiger partial charge is 0.416 e. The molecule has 0 aromatic heterocycles. The number of hydrogen-bond acceptors (Lipinski definition) is 1. The Morgan fingerprint density at radius 1 is 0.952 bits per heavy atom. The van der Waals surface area contributed by atoms with Gasteiger partial charge in [0.05, 0.1) is 5.56 Å². The third-order valence-corrected chi connectivity index (χ3v) is 3.39. The zero-order valence-corrected chi connectivity index (χ0v) is 11.5. The van der Waals surface area contributed by atoms with Crippen molar-refractivity contribution in [2.24, 2.45) is 0 Å². The Kier molecular flexibility index (Phi) is 4.05. The van der Waals surface area contributed by atoms with E-state index in [1.54, 1.807) is 6.92 Å². The first-order chi connectivity index (χ1) is 9.70. The first-order valence-corrected chi connectivity index (χ1v) is 6.32. The Bertz CT molecular complexity index is 662. The van der Waals surface area contributed by atoms with Crippen molar-refractivity contribution in [3.8, 4) is 0 Å². The summed E-state index contributed by atoms with van der Waals surface area (Å²) in [5.74, 6) is -0.393. The Labute approximate surface area is 119 Å². The molecule has 1 unspecified atom stereocenters. The van der Waals surface area contributed by atoms with E-state index in [0.29, 0.717) is 22.3 Å². The lowest BCUT2D eigenvalue weighted by Crippen LogP contribution is -2.08. The highest BCUT2D eigenvalue weighted by atomic mass is 19.4. The van der Waals surface area contributed by atoms with E-state index in [2.05, 4.69) is 0 Å². The number of hydrogen-bond donors (Lipinski definition) is 1. The van der Waals surface area contributed by atoms with Crippen LogP contribution in [0.25, 0.3) is 0 Å². The molecular formula is C16H14F4O. The van der Waals surface area contributed by atoms with Crippen LogP contribution in [0.4, 0.5) is 17.6 Å². The van der Waals surface area contributed by atoms with Gasteiger partial charge in [-0.15, -0.1) is 0 Å². The average Bonchev–Trinajstić information content (AvgIpc) is 2.40. The van der Waals surface area contributed by atoms with Crippen LogP contribution in [0.1, 0.15) is 33.9 Å². The Balaban J connectivity index is 2.39. The van der Waals surface area contributed by atoms with Crippen molar-refractivity contribution in [1.82, 2.24) is 0 Å². The van der Waals surface area contributed by atoms with Gasteiger partial charge in [-0.25, -0.2) is 4.39 Å². The molecule has 2 aromatic rings. The van der Waals surface area contributed by atoms with E-state index in [9.17, 15) is 22.7 Å². The molecule has 2 aromatic carbocycles. The Morgan fingerprint density at radius 3 is 2.14 bits per heavy atom. The molecule has 112 valence electrons. The Hall–Kier alpha value is -1.88. The van der Waals surface area contributed by atoms with E-state index < -0.39 is 23.7 Å². The maximum atomic E-state index is 13.2. The van der Waals surface area contributed by atoms with Crippen LogP contribution in [0.2, 0.25) is 0 Å². The molecule has 1 nitrogen and oxygen atoms in total. The van der Waals surface area contributed by atoms with Crippen LogP contribution in [0, 0.1) is 19.7 Å². The maximum Gasteiger partial charge on any atom is 0.416 e. The van der Waals surface area contributed by atoms with Crippen molar-refractivity contribution < 1.29 is 22.7 Å². The smallest absolute Gasteiger partial charge is 0.384 e. The van der Waals surface area contributed by atoms with Crippen LogP contribution >= 0.6 is 0 Å². The standard InChI is InChI=1S/C16H14F4O/c1-9-8-12(16(18,19)20)4-5-13(9)15(21)11-3-6-14(17)10(2)7-11/h3-8,15,21H,1-2H3. The molecule has 0 aliphatic rings. The molecule has 21 heavy (non-hydrogen) atoms. The number of benzene rings is 2. The summed E-state index contributed by atoms with van der Waals surface area (Å²) in [7, 11) is 0. The van der Waals surface area contributed by atoms with Crippen molar-refractivity contribution in [1.29, 1.82) is 0 Å². The third kappa shape index (κ3) is 3.24. The summed E-state index contributed by atoms with van der Waals surface area (Å²) in [6.45, 7) is 3.06. The lowest BCUT2D eigenvalue weighted by molar-refractivity contribution is -0.137. The van der Waals surface area contributed by atoms with Crippen molar-refractivity contribution in [3.05, 3.63) is 70.0 Å². The summed E-state index contributed by atoms with van der Waals surface area (Å²) in [4.78, 5) is 0. The summed E-state index contributed by atoms with van der Waals surface area (Å²) < 4.78 is 51.1. The van der Waals surface area contributed by atoms with Gasteiger partial charge in [-0.2, -0.15) is 13.2 Å². The fourth-order valence-corrected chi connectivity index (χ4v) is 2.18. The molecule has 0 spiro atoms. The topological polar surface area (TPSA) is 20.2 Å². The molecule has 2 rings (SSSR count). The molecule has 0 aliphatic heterocycles. The first kappa shape index (κ1) is 15.5. The molecule has 0 amide bonds. The van der Waals surface area contributed by atoms with Gasteiger partial charge in [0.2, 0.25) is 0 Å². The second kappa shape index (κ2) is 5.48. The van der Waals surface area contributed by atoms with Gasteiger partial charge < -0.3 is 5.11 Å². The van der Waals surface area contributed by atoms with Crippen molar-refractivity contribution >= 4 is 0 Å². The summed E-state index contributed by atoms with van der Waals surface area (Å²) >= 11 is 0. The molecule has 1 atom stereocenters. The highest BCUT2D eigenvalue weighted by molar-refractivity contribution is 5.39. The van der Waals surface area contributed by atoms with Crippen LogP contribution in [0.5, 0.6) is 0 Å². The Morgan fingerprint density at radius 2 is 1.62 bits per heavy atom. The predicted octanol–water partition coefficient (Wildman–Crippen LogP) is 4.54. The molecule has 0 radical (unpaired) electrons. The molecule has 0 heterocycles. The third-order valence-electron chi connectivity index (χ3n) is 3.39. The number of alkyl halides is 3. The summed E-state index contributed by atoms with van der Waals surface area (Å²) in [5.41, 5.74) is 0.757. The quantitative estimate of drug-likeness (QED) is 0.807. The van der Waals surface area contributed by atoms with E-state index in [4.69, 9.17) is 0 Å². The zero-order chi connectivity index (χ0) is 15.8. The van der Waals surface area contributed by atoms with Crippen LogP contribution in [0.3, 0.4) is 0 Å². The van der Waals surface area contributed by atoms with Crippen LogP contribution in [0.15, 0.2) is 36.4 Å². The summed E-state index contributed by atoms with van der Waals surface area (Å²) in [5, 5.41) is 10.3. The molecule has 0 aliphatic carbocycles. The van der Waals surface area contributed by atoms with Gasteiger partial charge in [0.25, 0.3) is 0 Å². The number of rotatable bonds is 2. The SMILES string of the molecule is Cc1cc(C(O)c2ccc(C(F)(F)F)cc2C)ccc1F. The van der Waals surface area contributed by atoms with Gasteiger partial charge in [-0.05, 0) is 54.3 Å². The van der Waals surface area contributed by atoms with E-state index >= 15 is 0 Å². The maximum absolute atomic E-state index is 13.2. The van der Waals surface area contributed by atoms with E-state index in [-0.39, 0.29) is 0 Å². The van der Waals surface area contributed by atoms with Crippen molar-refractivity contribution in [2.45, 2.75) is 26.1 Å². The number of aliphatic hydroxyl groups excluding tert-OH is 1. The average molecular weight is 298 g/mol. The fraction of sp³-hybridized carbons (Fsp3) is 0.250. The van der Waals surface area contributed by atoms with Gasteiger partial charge in [0.15, 0.2) is 0 Å². The van der Waals surface area contributed by atoms with Crippen molar-refractivity contribution in [3.63, 3.8) is 0 Å². The van der Waals surface area contributed by atoms with E-state index in [1.807, 2.05) is 0 Å². The van der Waals surface area contributed by atoms with Crippen LogP contribution in [-0.4, -0.2) is 5.11 Å². The number of aliphatic hydroxyl groups is 1. The molecular weight excluding hydrogens is 284 g/mol. The highest BCUT2D eigenvalue weighted by Crippen LogP contribution is 2.33. The zero-order valence-electron chi connectivity index (χ0n) is 11.5. The monoisotopic (exact) mass is 298 g/mol. The fourth-order valence-electron chi connectivity index (χ4n) is 2.18. The first-order valence-electron chi connectivity index (χ1n) is 6.32. The second-order valence-electron chi connectivity index (χ2n) is 4.98. The summed E-state index contributed by atoms with van der Waals surface area (Å²) in [6.07, 6.45) is -5.51. The second-order valence-corrected chi connectivity index (χ2v) is 4.98. The predicted molar refractivity (Wildman–Crippen MR) is 71.4 cm³/mol. The van der Waals surface area contributed by atoms with Gasteiger partial charge in [0.1, 0.15) is 11.9 Å². The van der Waals surface area contributed by atoms with E-state index in [1.165, 1.54) is 31.2 Å². The minimum absolute atomic E-state index is 0.333. The number of aryl methyl sites for hydroxylation is 2. The molecule has 0 bridgehead atoms. The normalized spacial score (nSPS) is 13.3.